The third-order valence-corrected chi connectivity index (χ3v) is 2.04. The van der Waals surface area contributed by atoms with Gasteiger partial charge in [-0.25, -0.2) is 0 Å². The lowest BCUT2D eigenvalue weighted by molar-refractivity contribution is 0.365. The van der Waals surface area contributed by atoms with E-state index in [1.807, 2.05) is 7.05 Å². The minimum atomic E-state index is 0.427. The first-order chi connectivity index (χ1) is 6.85. The van der Waals surface area contributed by atoms with Crippen LogP contribution in [0.3, 0.4) is 0 Å². The fourth-order valence-electron chi connectivity index (χ4n) is 1.29. The van der Waals surface area contributed by atoms with Crippen molar-refractivity contribution in [1.29, 1.82) is 0 Å². The number of rotatable bonds is 4. The van der Waals surface area contributed by atoms with Crippen molar-refractivity contribution in [3.8, 4) is 0 Å². The molecule has 0 fully saturated rings. The molecule has 0 aliphatic carbocycles. The van der Waals surface area contributed by atoms with E-state index in [0.717, 1.165) is 12.5 Å². The molecule has 2 N–H and O–H groups in total. The largest absolute Gasteiger partial charge is 0.356 e. The number of hydrogen-bond acceptors (Lipinski definition) is 1. The fourth-order valence-corrected chi connectivity index (χ4v) is 1.29. The van der Waals surface area contributed by atoms with Crippen LogP contribution in [0.15, 0.2) is 4.99 Å². The standard InChI is InChI=1S/C12H27N3/c1-10(2)15-11(13-6)14-9-7-8-12(3,4)5/h10H,7-9H2,1-6H3,(H2,13,14,15). The lowest BCUT2D eigenvalue weighted by atomic mass is 9.91. The van der Waals surface area contributed by atoms with Crippen LogP contribution in [-0.4, -0.2) is 25.6 Å². The number of nitrogens with zero attached hydrogens (tertiary/aromatic N) is 1. The molecule has 0 aliphatic rings. The SMILES string of the molecule is CN=C(NCCCC(C)(C)C)NC(C)C. The van der Waals surface area contributed by atoms with Crippen molar-refractivity contribution in [2.45, 2.75) is 53.5 Å². The van der Waals surface area contributed by atoms with Crippen LogP contribution in [-0.2, 0) is 0 Å². The second-order valence-corrected chi connectivity index (χ2v) is 5.46. The Bertz CT molecular complexity index is 190. The maximum absolute atomic E-state index is 4.16. The molecule has 0 aromatic heterocycles. The fraction of sp³-hybridized carbons (Fsp3) is 0.917. The van der Waals surface area contributed by atoms with Crippen LogP contribution in [0.25, 0.3) is 0 Å². The monoisotopic (exact) mass is 213 g/mol. The number of aliphatic imine (C=N–C) groups is 1. The molecule has 3 heteroatoms. The molecular formula is C12H27N3. The van der Waals surface area contributed by atoms with E-state index in [-0.39, 0.29) is 0 Å². The first kappa shape index (κ1) is 14.3. The van der Waals surface area contributed by atoms with Crippen molar-refractivity contribution < 1.29 is 0 Å². The molecule has 0 aromatic carbocycles. The van der Waals surface area contributed by atoms with Crippen molar-refractivity contribution in [2.75, 3.05) is 13.6 Å². The van der Waals surface area contributed by atoms with Crippen LogP contribution < -0.4 is 10.6 Å². The molecule has 0 saturated carbocycles. The Hall–Kier alpha value is -0.730. The van der Waals surface area contributed by atoms with E-state index < -0.39 is 0 Å². The van der Waals surface area contributed by atoms with Crippen LogP contribution in [0.4, 0.5) is 0 Å². The van der Waals surface area contributed by atoms with Crippen LogP contribution in [0, 0.1) is 5.41 Å². The van der Waals surface area contributed by atoms with E-state index in [1.54, 1.807) is 0 Å². The van der Waals surface area contributed by atoms with E-state index in [0.29, 0.717) is 11.5 Å². The number of guanidine groups is 1. The Kier molecular flexibility index (Phi) is 6.37. The van der Waals surface area contributed by atoms with Gasteiger partial charge in [0.15, 0.2) is 5.96 Å². The van der Waals surface area contributed by atoms with E-state index in [2.05, 4.69) is 50.2 Å². The highest BCUT2D eigenvalue weighted by atomic mass is 15.2. The summed E-state index contributed by atoms with van der Waals surface area (Å²) in [6, 6.07) is 0.429. The van der Waals surface area contributed by atoms with E-state index in [9.17, 15) is 0 Å². The lowest BCUT2D eigenvalue weighted by Crippen LogP contribution is -2.41. The van der Waals surface area contributed by atoms with Crippen LogP contribution in [0.5, 0.6) is 0 Å². The average Bonchev–Trinajstić information content (AvgIpc) is 2.08. The summed E-state index contributed by atoms with van der Waals surface area (Å²) in [5.74, 6) is 0.902. The molecule has 0 spiro atoms. The van der Waals surface area contributed by atoms with Gasteiger partial charge in [0.25, 0.3) is 0 Å². The normalized spacial score (nSPS) is 13.1. The molecule has 0 bridgehead atoms. The molecule has 0 saturated heterocycles. The molecule has 0 amide bonds. The summed E-state index contributed by atoms with van der Waals surface area (Å²) in [4.78, 5) is 4.16. The Labute approximate surface area is 94.7 Å². The summed E-state index contributed by atoms with van der Waals surface area (Å²) in [5, 5.41) is 6.58. The van der Waals surface area contributed by atoms with Crippen molar-refractivity contribution in [1.82, 2.24) is 10.6 Å². The van der Waals surface area contributed by atoms with Gasteiger partial charge in [-0.1, -0.05) is 20.8 Å². The van der Waals surface area contributed by atoms with E-state index in [4.69, 9.17) is 0 Å². The zero-order chi connectivity index (χ0) is 11.9. The van der Waals surface area contributed by atoms with Gasteiger partial charge in [0.05, 0.1) is 0 Å². The predicted molar refractivity (Wildman–Crippen MR) is 68.3 cm³/mol. The molecule has 0 aromatic rings. The minimum absolute atomic E-state index is 0.427. The van der Waals surface area contributed by atoms with Crippen LogP contribution >= 0.6 is 0 Å². The topological polar surface area (TPSA) is 36.4 Å². The third kappa shape index (κ3) is 9.57. The third-order valence-electron chi connectivity index (χ3n) is 2.04. The van der Waals surface area contributed by atoms with Crippen molar-refractivity contribution in [3.63, 3.8) is 0 Å². The molecule has 0 heterocycles. The van der Waals surface area contributed by atoms with Gasteiger partial charge >= 0.3 is 0 Å². The van der Waals surface area contributed by atoms with Gasteiger partial charge in [-0.3, -0.25) is 4.99 Å². The Morgan fingerprint density at radius 3 is 2.27 bits per heavy atom. The molecular weight excluding hydrogens is 186 g/mol. The zero-order valence-electron chi connectivity index (χ0n) is 11.1. The molecule has 3 nitrogen and oxygen atoms in total. The second-order valence-electron chi connectivity index (χ2n) is 5.46. The smallest absolute Gasteiger partial charge is 0.191 e. The summed E-state index contributed by atoms with van der Waals surface area (Å²) < 4.78 is 0. The number of nitrogens with one attached hydrogen (secondary N) is 2. The second kappa shape index (κ2) is 6.70. The van der Waals surface area contributed by atoms with Gasteiger partial charge < -0.3 is 10.6 Å². The van der Waals surface area contributed by atoms with Crippen molar-refractivity contribution in [2.24, 2.45) is 10.4 Å². The van der Waals surface area contributed by atoms with Gasteiger partial charge in [-0.15, -0.1) is 0 Å². The van der Waals surface area contributed by atoms with Gasteiger partial charge in [0, 0.05) is 19.6 Å². The molecule has 0 radical (unpaired) electrons. The highest BCUT2D eigenvalue weighted by molar-refractivity contribution is 5.79. The Morgan fingerprint density at radius 2 is 1.87 bits per heavy atom. The van der Waals surface area contributed by atoms with E-state index in [1.165, 1.54) is 12.8 Å². The lowest BCUT2D eigenvalue weighted by Gasteiger charge is -2.19. The number of hydrogen-bond donors (Lipinski definition) is 2. The highest BCUT2D eigenvalue weighted by Gasteiger charge is 2.09. The summed E-state index contributed by atoms with van der Waals surface area (Å²) >= 11 is 0. The highest BCUT2D eigenvalue weighted by Crippen LogP contribution is 2.19. The maximum Gasteiger partial charge on any atom is 0.191 e. The van der Waals surface area contributed by atoms with Gasteiger partial charge in [0.1, 0.15) is 0 Å². The summed E-state index contributed by atoms with van der Waals surface area (Å²) in [6.45, 7) is 12.0. The first-order valence-corrected chi connectivity index (χ1v) is 5.82. The molecule has 15 heavy (non-hydrogen) atoms. The van der Waals surface area contributed by atoms with Crippen LogP contribution in [0.1, 0.15) is 47.5 Å². The van der Waals surface area contributed by atoms with Gasteiger partial charge in [-0.05, 0) is 32.1 Å². The minimum Gasteiger partial charge on any atom is -0.356 e. The Balaban J connectivity index is 3.66. The predicted octanol–water partition coefficient (Wildman–Crippen LogP) is 2.39. The van der Waals surface area contributed by atoms with Crippen LogP contribution in [0.2, 0.25) is 0 Å². The van der Waals surface area contributed by atoms with Crippen molar-refractivity contribution in [3.05, 3.63) is 0 Å². The average molecular weight is 213 g/mol. The first-order valence-electron chi connectivity index (χ1n) is 5.82. The van der Waals surface area contributed by atoms with Gasteiger partial charge in [-0.2, -0.15) is 0 Å². The molecule has 0 aliphatic heterocycles. The summed E-state index contributed by atoms with van der Waals surface area (Å²) in [5.41, 5.74) is 0.427. The molecule has 0 atom stereocenters. The summed E-state index contributed by atoms with van der Waals surface area (Å²) in [7, 11) is 1.81. The molecule has 0 unspecified atom stereocenters. The Morgan fingerprint density at radius 1 is 1.27 bits per heavy atom. The molecule has 90 valence electrons. The maximum atomic E-state index is 4.16. The summed E-state index contributed by atoms with van der Waals surface area (Å²) in [6.07, 6.45) is 2.42. The van der Waals surface area contributed by atoms with Gasteiger partial charge in [0.2, 0.25) is 0 Å². The molecule has 0 rings (SSSR count). The quantitative estimate of drug-likeness (QED) is 0.427. The van der Waals surface area contributed by atoms with Crippen molar-refractivity contribution >= 4 is 5.96 Å². The zero-order valence-corrected chi connectivity index (χ0v) is 11.1. The van der Waals surface area contributed by atoms with E-state index >= 15 is 0 Å².